The van der Waals surface area contributed by atoms with Crippen molar-refractivity contribution in [3.63, 3.8) is 0 Å². The Hall–Kier alpha value is -9.49. The second-order valence-corrected chi connectivity index (χ2v) is 27.6. The molecule has 9 heterocycles. The molecule has 15 rings (SSSR count). The number of anilines is 3. The largest absolute Gasteiger partial charge is 0.493 e. The first-order chi connectivity index (χ1) is 47.7. The number of fused-ring (bicyclic) bond motifs is 15. The van der Waals surface area contributed by atoms with Gasteiger partial charge in [0.2, 0.25) is 0 Å². The number of imide groups is 3. The van der Waals surface area contributed by atoms with E-state index in [2.05, 4.69) is 22.9 Å². The number of carbonyl (C=O) groups is 9. The minimum atomic E-state index is -4.56. The Kier molecular flexibility index (Phi) is 17.9. The smallest absolute Gasteiger partial charge is 0.416 e. The summed E-state index contributed by atoms with van der Waals surface area (Å²) in [6.45, 7) is 15.1. The lowest BCUT2D eigenvalue weighted by atomic mass is 9.77. The number of benzene rings is 6. The van der Waals surface area contributed by atoms with Gasteiger partial charge in [-0.1, -0.05) is 89.9 Å². The highest BCUT2D eigenvalue weighted by atomic mass is 79.9. The van der Waals surface area contributed by atoms with E-state index >= 15 is 0 Å². The van der Waals surface area contributed by atoms with Crippen LogP contribution in [0.3, 0.4) is 0 Å². The van der Waals surface area contributed by atoms with Crippen molar-refractivity contribution in [1.29, 1.82) is 0 Å². The van der Waals surface area contributed by atoms with Crippen LogP contribution in [0.15, 0.2) is 138 Å². The molecule has 26 heteroatoms. The van der Waals surface area contributed by atoms with Crippen molar-refractivity contribution in [3.05, 3.63) is 176 Å². The third-order valence-corrected chi connectivity index (χ3v) is 21.9. The number of aryl methyl sites for hydroxylation is 2. The maximum Gasteiger partial charge on any atom is 0.416 e. The minimum absolute atomic E-state index is 0.00129. The summed E-state index contributed by atoms with van der Waals surface area (Å²) in [5.41, 5.74) is 0.00290. The molecule has 9 aliphatic heterocycles. The Balaban J connectivity index is 0.000000135. The van der Waals surface area contributed by atoms with Gasteiger partial charge in [-0.2, -0.15) is 13.2 Å². The molecule has 9 aliphatic rings. The summed E-state index contributed by atoms with van der Waals surface area (Å²) < 4.78 is 74.1. The Morgan fingerprint density at radius 1 is 0.480 bits per heavy atom. The molecule has 0 aromatic heterocycles. The second kappa shape index (κ2) is 25.9. The molecular weight excluding hydrogens is 1390 g/mol. The van der Waals surface area contributed by atoms with E-state index < -0.39 is 130 Å². The van der Waals surface area contributed by atoms with Crippen molar-refractivity contribution < 1.29 is 84.7 Å². The van der Waals surface area contributed by atoms with Crippen LogP contribution >= 0.6 is 27.5 Å². The van der Waals surface area contributed by atoms with Crippen molar-refractivity contribution in [2.75, 3.05) is 54.3 Å². The molecule has 0 spiro atoms. The van der Waals surface area contributed by atoms with Crippen LogP contribution in [0.25, 0.3) is 0 Å². The van der Waals surface area contributed by atoms with Gasteiger partial charge in [0.1, 0.15) is 33.9 Å². The zero-order chi connectivity index (χ0) is 71.4. The minimum Gasteiger partial charge on any atom is -0.493 e. The first-order valence-electron chi connectivity index (χ1n) is 33.2. The standard InChI is InChI=1S/C26H25F3N2O5.C25H25BrN2O5.C23H21ClN2O5/c1-4-14-6-11-17-19(12-14)36-13-18-20(22(32)35-5-2)25(3)23(33)30(24(34)31(25)21(17)18)16-9-7-15(8-10-16)26(27,28)29;1-4-14-6-11-17-19(12-14)33-13-18-20(22(29)32-5-2)25(3)23(30)27(24(31)28(25)21(17)18)16-9-7-15(26)8-10-16;1-3-30-20(27)18-16-12-31-17-10-5-4-9-15(17)19(16)26-22(29)25(21(28)23(18,26)2)14-8-6-7-13(24)11-14/h6-12,18,20-21H,4-5,13H2,1-3H3;6-12,18,20-21H,4-5,13H2,1-3H3;4-11,16,18-19H,3,12H2,1-2H3/t18-,20+,21+,25+;18-,20+,21+,25-;16-,18+,19-,23-/m111/s1. The van der Waals surface area contributed by atoms with Crippen LogP contribution < -0.4 is 28.9 Å². The van der Waals surface area contributed by atoms with Crippen molar-refractivity contribution in [2.24, 2.45) is 35.5 Å². The fourth-order valence-electron chi connectivity index (χ4n) is 16.6. The lowest BCUT2D eigenvalue weighted by molar-refractivity contribution is -0.155. The van der Waals surface area contributed by atoms with E-state index in [0.717, 1.165) is 73.6 Å². The summed E-state index contributed by atoms with van der Waals surface area (Å²) in [6.07, 6.45) is -2.93. The summed E-state index contributed by atoms with van der Waals surface area (Å²) in [5, 5.41) is 0.409. The number of alkyl halides is 3. The number of urea groups is 3. The Bertz CT molecular complexity index is 4370. The fraction of sp³-hybridized carbons (Fsp3) is 0.392. The Morgan fingerprint density at radius 3 is 1.23 bits per heavy atom. The molecule has 6 aromatic carbocycles. The Labute approximate surface area is 587 Å². The highest BCUT2D eigenvalue weighted by Crippen LogP contribution is 2.62. The molecule has 21 nitrogen and oxygen atoms in total. The monoisotopic (exact) mass is 1450 g/mol. The Morgan fingerprint density at radius 2 is 0.850 bits per heavy atom. The maximum absolute atomic E-state index is 13.9. The SMILES string of the molecule is CCOC(=O)[C@@H]1[C@H]2COc3cc(CC)ccc3[C@@H]2N2C(=O)N(c3ccc(Br)cc3)C(=O)[C@@]12C.CCOC(=O)[C@@H]1[C@H]2COc3cc(CC)ccc3[C@@H]2N2C(=O)N(c3ccc(C(F)(F)F)cc3)C(=O)[C@]12C.CCOC(=O)[C@@H]1[C@H]2COc3ccccc3[C@H]2N2C(=O)N(c3cccc(Cl)c3)C(=O)[C@@]12C. The quantitative estimate of drug-likeness (QED) is 0.0667. The van der Waals surface area contributed by atoms with E-state index in [9.17, 15) is 56.3 Å². The average Bonchev–Trinajstić information content (AvgIpc) is 1.54. The third-order valence-electron chi connectivity index (χ3n) is 21.1. The van der Waals surface area contributed by atoms with Gasteiger partial charge in [-0.25, -0.2) is 29.1 Å². The molecule has 0 saturated carbocycles. The molecule has 6 aromatic rings. The summed E-state index contributed by atoms with van der Waals surface area (Å²) in [5.74, 6) is -5.26. The molecule has 6 saturated heterocycles. The van der Waals surface area contributed by atoms with Gasteiger partial charge in [-0.15, -0.1) is 0 Å². The number of rotatable bonds is 11. The number of carbonyl (C=O) groups excluding carboxylic acids is 9. The molecule has 100 heavy (non-hydrogen) atoms. The van der Waals surface area contributed by atoms with Crippen LogP contribution in [0.2, 0.25) is 5.02 Å². The van der Waals surface area contributed by atoms with Gasteiger partial charge < -0.3 is 43.1 Å². The van der Waals surface area contributed by atoms with Gasteiger partial charge in [0.15, 0.2) is 0 Å². The number of hydrogen-bond acceptors (Lipinski definition) is 15. The van der Waals surface area contributed by atoms with Gasteiger partial charge in [0.05, 0.1) is 98.1 Å². The van der Waals surface area contributed by atoms with Crippen LogP contribution in [-0.4, -0.2) is 125 Å². The van der Waals surface area contributed by atoms with E-state index in [4.69, 9.17) is 40.0 Å². The number of nitrogens with zero attached hydrogens (tertiary/aromatic N) is 6. The van der Waals surface area contributed by atoms with E-state index in [1.807, 2.05) is 67.6 Å². The van der Waals surface area contributed by atoms with E-state index in [1.165, 1.54) is 16.7 Å². The van der Waals surface area contributed by atoms with Gasteiger partial charge >= 0.3 is 42.2 Å². The van der Waals surface area contributed by atoms with Crippen molar-refractivity contribution in [1.82, 2.24) is 14.7 Å². The van der Waals surface area contributed by atoms with Gasteiger partial charge in [0, 0.05) is 43.9 Å². The lowest BCUT2D eigenvalue weighted by Crippen LogP contribution is -2.51. The zero-order valence-electron chi connectivity index (χ0n) is 55.8. The number of ether oxygens (including phenoxy) is 6. The number of hydrogen-bond donors (Lipinski definition) is 0. The number of para-hydroxylation sites is 1. The first kappa shape index (κ1) is 69.0. The molecule has 9 amide bonds. The topological polar surface area (TPSA) is 228 Å². The van der Waals surface area contributed by atoms with Gasteiger partial charge in [-0.3, -0.25) is 28.8 Å². The van der Waals surface area contributed by atoms with Crippen LogP contribution in [0, 0.1) is 35.5 Å². The second-order valence-electron chi connectivity index (χ2n) is 26.3. The summed E-state index contributed by atoms with van der Waals surface area (Å²) >= 11 is 9.51. The molecule has 6 fully saturated rings. The first-order valence-corrected chi connectivity index (χ1v) is 34.4. The van der Waals surface area contributed by atoms with E-state index in [-0.39, 0.29) is 51.2 Å². The van der Waals surface area contributed by atoms with Crippen molar-refractivity contribution in [3.8, 4) is 17.2 Å². The molecule has 522 valence electrons. The highest BCUT2D eigenvalue weighted by molar-refractivity contribution is 9.10. The molecule has 0 N–H and O–H groups in total. The normalized spacial score (nSPS) is 27.7. The molecule has 12 atom stereocenters. The summed E-state index contributed by atoms with van der Waals surface area (Å²) in [4.78, 5) is 130. The van der Waals surface area contributed by atoms with Gasteiger partial charge in [0.25, 0.3) is 17.7 Å². The fourth-order valence-corrected chi connectivity index (χ4v) is 17.1. The summed E-state index contributed by atoms with van der Waals surface area (Å²) in [7, 11) is 0. The zero-order valence-corrected chi connectivity index (χ0v) is 58.1. The predicted molar refractivity (Wildman–Crippen MR) is 360 cm³/mol. The van der Waals surface area contributed by atoms with Gasteiger partial charge in [-0.05, 0) is 150 Å². The molecule has 0 radical (unpaired) electrons. The van der Waals surface area contributed by atoms with Crippen molar-refractivity contribution in [2.45, 2.75) is 109 Å². The van der Waals surface area contributed by atoms with Crippen LogP contribution in [0.5, 0.6) is 17.2 Å². The van der Waals surface area contributed by atoms with Crippen LogP contribution in [0.4, 0.5) is 44.6 Å². The average molecular weight is 1460 g/mol. The molecular formula is C74H71BrClF3N6O15. The van der Waals surface area contributed by atoms with Crippen LogP contribution in [-0.2, 0) is 62.0 Å². The molecule has 0 aliphatic carbocycles. The number of amides is 9. The van der Waals surface area contributed by atoms with E-state index in [0.29, 0.717) is 39.2 Å². The van der Waals surface area contributed by atoms with Crippen LogP contribution in [0.1, 0.15) is 107 Å². The van der Waals surface area contributed by atoms with Crippen molar-refractivity contribution >= 4 is 98.3 Å². The lowest BCUT2D eigenvalue weighted by Gasteiger charge is -2.34. The van der Waals surface area contributed by atoms with E-state index in [1.54, 1.807) is 92.9 Å². The summed E-state index contributed by atoms with van der Waals surface area (Å²) in [6, 6.07) is 33.2. The third kappa shape index (κ3) is 10.5. The number of halogens is 5. The highest BCUT2D eigenvalue weighted by Gasteiger charge is 2.75. The molecule has 0 unspecified atom stereocenters. The maximum atomic E-state index is 13.9. The predicted octanol–water partition coefficient (Wildman–Crippen LogP) is 13.0. The number of esters is 3. The molecule has 0 bridgehead atoms.